The van der Waals surface area contributed by atoms with E-state index in [-0.39, 0.29) is 12.5 Å². The second kappa shape index (κ2) is 9.34. The van der Waals surface area contributed by atoms with E-state index in [1.165, 1.54) is 0 Å². The van der Waals surface area contributed by atoms with E-state index in [2.05, 4.69) is 10.4 Å². The summed E-state index contributed by atoms with van der Waals surface area (Å²) in [5.41, 5.74) is 1.10. The van der Waals surface area contributed by atoms with Crippen LogP contribution in [0.5, 0.6) is 0 Å². The maximum atomic E-state index is 11.9. The van der Waals surface area contributed by atoms with Crippen molar-refractivity contribution in [3.63, 3.8) is 0 Å². The van der Waals surface area contributed by atoms with Gasteiger partial charge in [0, 0.05) is 43.0 Å². The largest absolute Gasteiger partial charge is 0.396 e. The lowest BCUT2D eigenvalue weighted by Gasteiger charge is -2.20. The molecule has 1 amide bonds. The fraction of sp³-hybridized carbons (Fsp3) is 0.692. The van der Waals surface area contributed by atoms with E-state index in [1.54, 1.807) is 23.1 Å². The summed E-state index contributed by atoms with van der Waals surface area (Å²) >= 11 is 3.41. The van der Waals surface area contributed by atoms with E-state index >= 15 is 0 Å². The van der Waals surface area contributed by atoms with Crippen LogP contribution in [0.25, 0.3) is 0 Å². The van der Waals surface area contributed by atoms with Gasteiger partial charge in [-0.25, -0.2) is 4.98 Å². The van der Waals surface area contributed by atoms with Crippen molar-refractivity contribution < 1.29 is 9.90 Å². The van der Waals surface area contributed by atoms with Crippen molar-refractivity contribution in [1.29, 1.82) is 0 Å². The van der Waals surface area contributed by atoms with Crippen LogP contribution in [0, 0.1) is 6.92 Å². The normalized spacial score (nSPS) is 10.7. The number of carbonyl (C=O) groups excluding carboxylic acids is 1. The minimum atomic E-state index is 0.141. The molecule has 0 bridgehead atoms. The summed E-state index contributed by atoms with van der Waals surface area (Å²) in [6, 6.07) is 0. The Morgan fingerprint density at radius 1 is 1.58 bits per heavy atom. The van der Waals surface area contributed by atoms with Crippen molar-refractivity contribution in [2.24, 2.45) is 0 Å². The minimum Gasteiger partial charge on any atom is -0.396 e. The summed E-state index contributed by atoms with van der Waals surface area (Å²) in [7, 11) is 0. The molecule has 0 aliphatic heterocycles. The first-order chi connectivity index (χ1) is 9.17. The van der Waals surface area contributed by atoms with Gasteiger partial charge in [-0.2, -0.15) is 11.8 Å². The molecule has 6 heteroatoms. The second-order valence-electron chi connectivity index (χ2n) is 4.21. The number of hydrogen-bond donors (Lipinski definition) is 1. The summed E-state index contributed by atoms with van der Waals surface area (Å²) in [4.78, 5) is 18.1. The average Bonchev–Trinajstić information content (AvgIpc) is 2.81. The topological polar surface area (TPSA) is 53.4 Å². The molecule has 4 nitrogen and oxygen atoms in total. The molecule has 1 N–H and O–H groups in total. The number of aromatic nitrogens is 1. The lowest BCUT2D eigenvalue weighted by atomic mass is 10.3. The van der Waals surface area contributed by atoms with E-state index in [1.807, 2.05) is 18.7 Å². The Kier molecular flexibility index (Phi) is 8.09. The van der Waals surface area contributed by atoms with Crippen molar-refractivity contribution in [3.05, 3.63) is 16.1 Å². The number of thioether (sulfide) groups is 1. The van der Waals surface area contributed by atoms with Crippen molar-refractivity contribution in [3.8, 4) is 0 Å². The third-order valence-electron chi connectivity index (χ3n) is 2.70. The molecule has 0 unspecified atom stereocenters. The maximum absolute atomic E-state index is 11.9. The van der Waals surface area contributed by atoms with Crippen LogP contribution in [0.15, 0.2) is 5.38 Å². The van der Waals surface area contributed by atoms with Gasteiger partial charge in [-0.1, -0.05) is 0 Å². The number of hydrogen-bond acceptors (Lipinski definition) is 5. The molecule has 19 heavy (non-hydrogen) atoms. The lowest BCUT2D eigenvalue weighted by Crippen LogP contribution is -2.32. The van der Waals surface area contributed by atoms with Crippen LogP contribution in [0.4, 0.5) is 0 Å². The first kappa shape index (κ1) is 16.5. The molecule has 0 atom stereocenters. The average molecular weight is 302 g/mol. The van der Waals surface area contributed by atoms with Crippen molar-refractivity contribution in [1.82, 2.24) is 9.88 Å². The summed E-state index contributed by atoms with van der Waals surface area (Å²) in [5, 5.41) is 12.0. The van der Waals surface area contributed by atoms with E-state index in [4.69, 9.17) is 5.11 Å². The van der Waals surface area contributed by atoms with Crippen LogP contribution < -0.4 is 0 Å². The molecular formula is C13H22N2O2S2. The van der Waals surface area contributed by atoms with Gasteiger partial charge in [-0.15, -0.1) is 11.3 Å². The van der Waals surface area contributed by atoms with Gasteiger partial charge in [0.15, 0.2) is 0 Å². The Morgan fingerprint density at radius 3 is 2.95 bits per heavy atom. The number of aryl methyl sites for hydroxylation is 1. The molecule has 0 fully saturated rings. The van der Waals surface area contributed by atoms with E-state index < -0.39 is 0 Å². The first-order valence-electron chi connectivity index (χ1n) is 6.54. The molecule has 0 aliphatic carbocycles. The molecule has 1 heterocycles. The summed E-state index contributed by atoms with van der Waals surface area (Å²) < 4.78 is 0. The first-order valence-corrected chi connectivity index (χ1v) is 8.58. The minimum absolute atomic E-state index is 0.141. The third kappa shape index (κ3) is 6.40. The van der Waals surface area contributed by atoms with Crippen LogP contribution in [-0.4, -0.2) is 46.3 Å². The highest BCUT2D eigenvalue weighted by Crippen LogP contribution is 2.16. The van der Waals surface area contributed by atoms with Gasteiger partial charge < -0.3 is 10.0 Å². The number of aliphatic hydroxyl groups excluding tert-OH is 1. The fourth-order valence-corrected chi connectivity index (χ4v) is 3.23. The zero-order valence-electron chi connectivity index (χ0n) is 11.6. The van der Waals surface area contributed by atoms with Gasteiger partial charge in [0.2, 0.25) is 5.91 Å². The van der Waals surface area contributed by atoms with E-state index in [0.29, 0.717) is 19.4 Å². The molecule has 0 aliphatic rings. The number of aliphatic hydroxyl groups is 1. The van der Waals surface area contributed by atoms with Gasteiger partial charge in [0.1, 0.15) is 0 Å². The van der Waals surface area contributed by atoms with Crippen LogP contribution in [0.2, 0.25) is 0 Å². The number of rotatable bonds is 9. The Labute approximate surface area is 123 Å². The van der Waals surface area contributed by atoms with Gasteiger partial charge >= 0.3 is 0 Å². The summed E-state index contributed by atoms with van der Waals surface area (Å²) in [6.45, 7) is 5.49. The molecule has 0 radical (unpaired) electrons. The van der Waals surface area contributed by atoms with Gasteiger partial charge in [0.25, 0.3) is 0 Å². The highest BCUT2D eigenvalue weighted by atomic mass is 32.2. The Hall–Kier alpha value is -0.590. The SMILES string of the molecule is CCN(CCCO)C(=O)CCSCc1csc(C)n1. The Morgan fingerprint density at radius 2 is 2.37 bits per heavy atom. The smallest absolute Gasteiger partial charge is 0.223 e. The predicted octanol–water partition coefficient (Wildman–Crippen LogP) is 2.31. The highest BCUT2D eigenvalue weighted by molar-refractivity contribution is 7.98. The summed E-state index contributed by atoms with van der Waals surface area (Å²) in [6.07, 6.45) is 1.22. The third-order valence-corrected chi connectivity index (χ3v) is 4.51. The Balaban J connectivity index is 2.18. The standard InChI is InChI=1S/C13H22N2O2S2/c1-3-15(6-4-7-16)13(17)5-8-18-9-12-10-19-11(2)14-12/h10,16H,3-9H2,1-2H3. The van der Waals surface area contributed by atoms with E-state index in [9.17, 15) is 4.79 Å². The van der Waals surface area contributed by atoms with Gasteiger partial charge in [-0.05, 0) is 20.3 Å². The van der Waals surface area contributed by atoms with Gasteiger partial charge in [-0.3, -0.25) is 4.79 Å². The number of carbonyl (C=O) groups is 1. The van der Waals surface area contributed by atoms with Crippen LogP contribution in [0.3, 0.4) is 0 Å². The molecule has 0 saturated carbocycles. The quantitative estimate of drug-likeness (QED) is 0.711. The second-order valence-corrected chi connectivity index (χ2v) is 6.38. The molecule has 1 rings (SSSR count). The number of thiazole rings is 1. The molecule has 1 aromatic rings. The van der Waals surface area contributed by atoms with Gasteiger partial charge in [0.05, 0.1) is 10.7 Å². The monoisotopic (exact) mass is 302 g/mol. The molecule has 0 aromatic carbocycles. The lowest BCUT2D eigenvalue weighted by molar-refractivity contribution is -0.130. The maximum Gasteiger partial charge on any atom is 0.223 e. The molecule has 0 saturated heterocycles. The van der Waals surface area contributed by atoms with Crippen LogP contribution in [0.1, 0.15) is 30.5 Å². The zero-order chi connectivity index (χ0) is 14.1. The fourth-order valence-electron chi connectivity index (χ4n) is 1.69. The van der Waals surface area contributed by atoms with Crippen molar-refractivity contribution in [2.75, 3.05) is 25.4 Å². The summed E-state index contributed by atoms with van der Waals surface area (Å²) in [5.74, 6) is 1.88. The molecule has 0 spiro atoms. The molecule has 108 valence electrons. The van der Waals surface area contributed by atoms with Crippen LogP contribution >= 0.6 is 23.1 Å². The van der Waals surface area contributed by atoms with Crippen LogP contribution in [-0.2, 0) is 10.5 Å². The van der Waals surface area contributed by atoms with Crippen molar-refractivity contribution in [2.45, 2.75) is 32.4 Å². The number of amides is 1. The molecule has 1 aromatic heterocycles. The number of nitrogens with zero attached hydrogens (tertiary/aromatic N) is 2. The zero-order valence-corrected chi connectivity index (χ0v) is 13.2. The Bertz CT molecular complexity index is 382. The van der Waals surface area contributed by atoms with E-state index in [0.717, 1.165) is 28.8 Å². The molecular weight excluding hydrogens is 280 g/mol. The highest BCUT2D eigenvalue weighted by Gasteiger charge is 2.10. The van der Waals surface area contributed by atoms with Crippen molar-refractivity contribution >= 4 is 29.0 Å². The predicted molar refractivity (Wildman–Crippen MR) is 81.6 cm³/mol.